The number of ether oxygens (including phenoxy) is 5. The summed E-state index contributed by atoms with van der Waals surface area (Å²) in [5.41, 5.74) is 5.24. The molecule has 0 amide bonds. The molecule has 54 heavy (non-hydrogen) atoms. The van der Waals surface area contributed by atoms with E-state index in [1.54, 1.807) is 49.7 Å². The molecule has 1 aliphatic heterocycles. The van der Waals surface area contributed by atoms with E-state index >= 15 is 0 Å². The van der Waals surface area contributed by atoms with Crippen LogP contribution in [-0.4, -0.2) is 71.1 Å². The number of hydrogen-bond donors (Lipinski definition) is 2. The molecule has 4 aromatic rings. The van der Waals surface area contributed by atoms with E-state index in [0.29, 0.717) is 63.9 Å². The van der Waals surface area contributed by atoms with Crippen LogP contribution in [-0.2, 0) is 45.1 Å². The molecule has 0 unspecified atom stereocenters. The Bertz CT molecular complexity index is 1930. The van der Waals surface area contributed by atoms with Crippen LogP contribution in [0, 0.1) is 0 Å². The second-order valence-corrected chi connectivity index (χ2v) is 13.0. The molecule has 2 heterocycles. The van der Waals surface area contributed by atoms with E-state index in [0.717, 1.165) is 41.8 Å². The molecule has 0 saturated heterocycles. The van der Waals surface area contributed by atoms with Crippen LogP contribution in [0.3, 0.4) is 0 Å². The van der Waals surface area contributed by atoms with Gasteiger partial charge in [-0.1, -0.05) is 50.1 Å². The molecule has 2 N–H and O–H groups in total. The molecule has 5 rings (SSSR count). The minimum Gasteiger partial charge on any atom is -0.496 e. The maximum atomic E-state index is 13.7. The van der Waals surface area contributed by atoms with Gasteiger partial charge in [-0.05, 0) is 55.3 Å². The second kappa shape index (κ2) is 20.0. The monoisotopic (exact) mass is 763 g/mol. The van der Waals surface area contributed by atoms with Crippen LogP contribution in [0.1, 0.15) is 72.1 Å². The Kier molecular flexibility index (Phi) is 14.9. The summed E-state index contributed by atoms with van der Waals surface area (Å²) in [4.78, 5) is 31.2. The highest BCUT2D eigenvalue weighted by Crippen LogP contribution is 2.38. The van der Waals surface area contributed by atoms with Crippen LogP contribution < -0.4 is 14.2 Å². The topological polar surface area (TPSA) is 151 Å². The van der Waals surface area contributed by atoms with Crippen LogP contribution in [0.2, 0.25) is 5.02 Å². The molecule has 1 aromatic heterocycles. The molecule has 0 bridgehead atoms. The largest absolute Gasteiger partial charge is 0.496 e. The fourth-order valence-electron chi connectivity index (χ4n) is 5.97. The van der Waals surface area contributed by atoms with Crippen LogP contribution in [0.15, 0.2) is 66.4 Å². The first kappa shape index (κ1) is 40.3. The predicted molar refractivity (Wildman–Crippen MR) is 200 cm³/mol. The van der Waals surface area contributed by atoms with Crippen molar-refractivity contribution in [3.05, 3.63) is 99.2 Å². The zero-order chi connectivity index (χ0) is 38.5. The number of aryl methyl sites for hydroxylation is 1. The first-order valence-electron chi connectivity index (χ1n) is 18.0. The van der Waals surface area contributed by atoms with Crippen molar-refractivity contribution in [3.8, 4) is 28.5 Å². The van der Waals surface area contributed by atoms with Crippen LogP contribution in [0.25, 0.3) is 17.3 Å². The van der Waals surface area contributed by atoms with Gasteiger partial charge in [0, 0.05) is 64.2 Å². The van der Waals surface area contributed by atoms with Crippen molar-refractivity contribution in [2.45, 2.75) is 65.5 Å². The van der Waals surface area contributed by atoms with Gasteiger partial charge in [0.2, 0.25) is 0 Å². The van der Waals surface area contributed by atoms with Crippen molar-refractivity contribution in [2.24, 2.45) is 0 Å². The summed E-state index contributed by atoms with van der Waals surface area (Å²) >= 11 is 6.52. The number of hydrogen-bond acceptors (Lipinski definition) is 12. The molecule has 1 aliphatic rings. The average molecular weight is 764 g/mol. The number of carbonyl (C=O) groups excluding carboxylic acids is 2. The molecule has 0 fully saturated rings. The number of esters is 2. The fraction of sp³-hybridized carbons (Fsp3) is 0.375. The van der Waals surface area contributed by atoms with Gasteiger partial charge in [-0.15, -0.1) is 0 Å². The Hall–Kier alpha value is -4.92. The molecule has 0 saturated carbocycles. The van der Waals surface area contributed by atoms with Gasteiger partial charge in [0.05, 0.1) is 56.4 Å². The number of rotatable bonds is 20. The van der Waals surface area contributed by atoms with Crippen LogP contribution in [0.4, 0.5) is 0 Å². The predicted octanol–water partition coefficient (Wildman–Crippen LogP) is 7.66. The van der Waals surface area contributed by atoms with Crippen molar-refractivity contribution in [3.63, 3.8) is 0 Å². The molecule has 0 atom stereocenters. The standard InChI is InChI=1S/C40H46ClN3O10/c1-4-6-15-43-38(31(25-42-43)21-30(39(45)51-16-5-2)20-29-23-36-27(14-19-50-36)22-35(29)49-3)34-13-12-32(41)24-37(34)53-26-28-10-7-8-11-33(28)40(46)52-17-9-18-54-44(47)48/h7-8,10-13,21-25,47-48H,4-6,9,14-20,26H2,1-3H3/b30-21+. The SMILES string of the molecule is CCCCn1ncc(/C=C(\Cc2cc3c(cc2OC)CCO3)C(=O)OCCC)c1-c1ccc(Cl)cc1OCc1ccccc1C(=O)OCCCON(O)O. The van der Waals surface area contributed by atoms with Gasteiger partial charge < -0.3 is 23.7 Å². The highest BCUT2D eigenvalue weighted by atomic mass is 35.5. The lowest BCUT2D eigenvalue weighted by atomic mass is 9.98. The third kappa shape index (κ3) is 10.6. The van der Waals surface area contributed by atoms with Gasteiger partial charge in [0.15, 0.2) is 0 Å². The van der Waals surface area contributed by atoms with Gasteiger partial charge in [0.1, 0.15) is 23.9 Å². The van der Waals surface area contributed by atoms with Crippen LogP contribution in [0.5, 0.6) is 17.2 Å². The molecular formula is C40H46ClN3O10. The number of carbonyl (C=O) groups is 2. The summed E-state index contributed by atoms with van der Waals surface area (Å²) in [6.07, 6.45) is 7.27. The van der Waals surface area contributed by atoms with Crippen molar-refractivity contribution < 1.29 is 48.5 Å². The zero-order valence-corrected chi connectivity index (χ0v) is 31.5. The summed E-state index contributed by atoms with van der Waals surface area (Å²) in [6.45, 7) is 5.47. The van der Waals surface area contributed by atoms with Crippen molar-refractivity contribution in [1.29, 1.82) is 0 Å². The minimum absolute atomic E-state index is 0.000638. The maximum Gasteiger partial charge on any atom is 0.338 e. The molecule has 3 aromatic carbocycles. The molecule has 13 nitrogen and oxygen atoms in total. The second-order valence-electron chi connectivity index (χ2n) is 12.5. The Morgan fingerprint density at radius 1 is 0.981 bits per heavy atom. The normalized spacial score (nSPS) is 12.4. The summed E-state index contributed by atoms with van der Waals surface area (Å²) in [5.74, 6) is 0.883. The number of nitrogens with zero attached hydrogens (tertiary/aromatic N) is 3. The quantitative estimate of drug-likeness (QED) is 0.0394. The average Bonchev–Trinajstić information content (AvgIpc) is 3.80. The number of unbranched alkanes of at least 4 members (excludes halogenated alkanes) is 1. The Morgan fingerprint density at radius 2 is 1.81 bits per heavy atom. The summed E-state index contributed by atoms with van der Waals surface area (Å²) < 4.78 is 30.9. The van der Waals surface area contributed by atoms with Gasteiger partial charge in [-0.3, -0.25) is 19.9 Å². The highest BCUT2D eigenvalue weighted by molar-refractivity contribution is 6.30. The lowest BCUT2D eigenvalue weighted by Crippen LogP contribution is -2.17. The van der Waals surface area contributed by atoms with Gasteiger partial charge >= 0.3 is 11.9 Å². The Labute approximate surface area is 319 Å². The summed E-state index contributed by atoms with van der Waals surface area (Å²) in [7, 11) is 1.61. The molecule has 0 spiro atoms. The van der Waals surface area contributed by atoms with E-state index in [-0.39, 0.29) is 39.3 Å². The van der Waals surface area contributed by atoms with Gasteiger partial charge in [-0.2, -0.15) is 5.10 Å². The minimum atomic E-state index is -0.565. The number of aromatic nitrogens is 2. The van der Waals surface area contributed by atoms with E-state index in [2.05, 4.69) is 11.8 Å². The van der Waals surface area contributed by atoms with E-state index in [1.165, 1.54) is 0 Å². The van der Waals surface area contributed by atoms with E-state index < -0.39 is 17.3 Å². The lowest BCUT2D eigenvalue weighted by molar-refractivity contribution is -0.492. The highest BCUT2D eigenvalue weighted by Gasteiger charge is 2.23. The zero-order valence-electron chi connectivity index (χ0n) is 30.7. The summed E-state index contributed by atoms with van der Waals surface area (Å²) in [5, 5.41) is 22.2. The van der Waals surface area contributed by atoms with E-state index in [1.807, 2.05) is 35.9 Å². The number of benzene rings is 3. The van der Waals surface area contributed by atoms with Crippen molar-refractivity contribution in [2.75, 3.05) is 33.5 Å². The number of methoxy groups -OCH3 is 1. The Balaban J connectivity index is 1.49. The first-order valence-corrected chi connectivity index (χ1v) is 18.3. The molecular weight excluding hydrogens is 718 g/mol. The number of halogens is 1. The maximum absolute atomic E-state index is 13.7. The fourth-order valence-corrected chi connectivity index (χ4v) is 6.13. The molecule has 14 heteroatoms. The van der Waals surface area contributed by atoms with Gasteiger partial charge in [-0.25, -0.2) is 9.59 Å². The molecule has 288 valence electrons. The van der Waals surface area contributed by atoms with E-state index in [4.69, 9.17) is 50.8 Å². The summed E-state index contributed by atoms with van der Waals surface area (Å²) in [6, 6.07) is 16.2. The first-order chi connectivity index (χ1) is 26.2. The van der Waals surface area contributed by atoms with E-state index in [9.17, 15) is 9.59 Å². The Morgan fingerprint density at radius 3 is 2.59 bits per heavy atom. The lowest BCUT2D eigenvalue weighted by Gasteiger charge is -2.17. The number of fused-ring (bicyclic) bond motifs is 1. The molecule has 0 aliphatic carbocycles. The third-order valence-electron chi connectivity index (χ3n) is 8.64. The third-order valence-corrected chi connectivity index (χ3v) is 8.88. The van der Waals surface area contributed by atoms with Crippen molar-refractivity contribution >= 4 is 29.6 Å². The van der Waals surface area contributed by atoms with Gasteiger partial charge in [0.25, 0.3) is 0 Å². The van der Waals surface area contributed by atoms with Crippen molar-refractivity contribution in [1.82, 2.24) is 15.2 Å². The molecule has 0 radical (unpaired) electrons. The smallest absolute Gasteiger partial charge is 0.338 e. The van der Waals surface area contributed by atoms with Crippen LogP contribution >= 0.6 is 11.6 Å².